The van der Waals surface area contributed by atoms with E-state index in [2.05, 4.69) is 0 Å². The van der Waals surface area contributed by atoms with Gasteiger partial charge in [0.25, 0.3) is 0 Å². The maximum atomic E-state index is 9.95. The molecule has 0 aliphatic rings. The van der Waals surface area contributed by atoms with Crippen molar-refractivity contribution in [2.45, 2.75) is 6.10 Å². The molecule has 0 saturated heterocycles. The third kappa shape index (κ3) is 3.64. The van der Waals surface area contributed by atoms with Crippen molar-refractivity contribution >= 4 is 23.2 Å². The molecule has 2 rings (SSSR count). The minimum absolute atomic E-state index is 0.169. The number of benzene rings is 2. The fraction of sp³-hybridized carbons (Fsp3) is 0.143. The average molecular weight is 283 g/mol. The smallest absolute Gasteiger partial charge is 0.119 e. The molecule has 0 aliphatic carbocycles. The largest absolute Gasteiger partial charge is 0.491 e. The van der Waals surface area contributed by atoms with Crippen molar-refractivity contribution in [2.75, 3.05) is 6.61 Å². The SMILES string of the molecule is OC(COc1ccc(Cl)cc1)c1cccc(Cl)c1. The summed E-state index contributed by atoms with van der Waals surface area (Å²) < 4.78 is 5.47. The Labute approximate surface area is 116 Å². The Bertz CT molecular complexity index is 511. The summed E-state index contributed by atoms with van der Waals surface area (Å²) in [5.74, 6) is 0.667. The molecule has 0 amide bonds. The van der Waals surface area contributed by atoms with E-state index in [-0.39, 0.29) is 6.61 Å². The first-order chi connectivity index (χ1) is 8.65. The van der Waals surface area contributed by atoms with Crippen molar-refractivity contribution in [1.82, 2.24) is 0 Å². The van der Waals surface area contributed by atoms with Crippen LogP contribution in [0.2, 0.25) is 10.0 Å². The lowest BCUT2D eigenvalue weighted by Gasteiger charge is -2.13. The number of ether oxygens (including phenoxy) is 1. The fourth-order valence-electron chi connectivity index (χ4n) is 1.52. The van der Waals surface area contributed by atoms with E-state index in [1.807, 2.05) is 6.07 Å². The van der Waals surface area contributed by atoms with Gasteiger partial charge in [-0.1, -0.05) is 35.3 Å². The van der Waals surface area contributed by atoms with Crippen molar-refractivity contribution < 1.29 is 9.84 Å². The molecule has 0 heterocycles. The average Bonchev–Trinajstić information content (AvgIpc) is 2.38. The van der Waals surface area contributed by atoms with E-state index in [1.54, 1.807) is 42.5 Å². The summed E-state index contributed by atoms with van der Waals surface area (Å²) in [5, 5.41) is 11.2. The van der Waals surface area contributed by atoms with Gasteiger partial charge in [-0.25, -0.2) is 0 Å². The molecule has 0 aliphatic heterocycles. The first-order valence-corrected chi connectivity index (χ1v) is 6.22. The highest BCUT2D eigenvalue weighted by molar-refractivity contribution is 6.30. The van der Waals surface area contributed by atoms with Crippen LogP contribution in [0.1, 0.15) is 11.7 Å². The summed E-state index contributed by atoms with van der Waals surface area (Å²) in [6.45, 7) is 0.169. The molecule has 0 spiro atoms. The second-order valence-electron chi connectivity index (χ2n) is 3.84. The molecule has 0 radical (unpaired) electrons. The number of aliphatic hydroxyl groups is 1. The molecule has 0 aromatic heterocycles. The Balaban J connectivity index is 1.96. The Kier molecular flexibility index (Phi) is 4.48. The quantitative estimate of drug-likeness (QED) is 0.915. The standard InChI is InChI=1S/C14H12Cl2O2/c15-11-4-6-13(7-5-11)18-9-14(17)10-2-1-3-12(16)8-10/h1-8,14,17H,9H2. The Morgan fingerprint density at radius 3 is 2.39 bits per heavy atom. The molecule has 2 nitrogen and oxygen atoms in total. The highest BCUT2D eigenvalue weighted by atomic mass is 35.5. The zero-order valence-corrected chi connectivity index (χ0v) is 11.0. The van der Waals surface area contributed by atoms with Crippen LogP contribution in [0.25, 0.3) is 0 Å². The Hall–Kier alpha value is -1.22. The van der Waals surface area contributed by atoms with Gasteiger partial charge in [0.05, 0.1) is 0 Å². The first kappa shape index (κ1) is 13.2. The van der Waals surface area contributed by atoms with Gasteiger partial charge in [-0.2, -0.15) is 0 Å². The van der Waals surface area contributed by atoms with Gasteiger partial charge in [0.15, 0.2) is 0 Å². The van der Waals surface area contributed by atoms with Crippen LogP contribution < -0.4 is 4.74 Å². The second kappa shape index (κ2) is 6.10. The molecular weight excluding hydrogens is 271 g/mol. The van der Waals surface area contributed by atoms with E-state index in [9.17, 15) is 5.11 Å². The van der Waals surface area contributed by atoms with Crippen LogP contribution in [-0.4, -0.2) is 11.7 Å². The number of hydrogen-bond acceptors (Lipinski definition) is 2. The van der Waals surface area contributed by atoms with Crippen molar-refractivity contribution in [3.63, 3.8) is 0 Å². The van der Waals surface area contributed by atoms with E-state index in [0.29, 0.717) is 15.8 Å². The van der Waals surface area contributed by atoms with Gasteiger partial charge < -0.3 is 9.84 Å². The molecule has 1 N–H and O–H groups in total. The lowest BCUT2D eigenvalue weighted by Crippen LogP contribution is -2.09. The molecule has 1 unspecified atom stereocenters. The lowest BCUT2D eigenvalue weighted by molar-refractivity contribution is 0.108. The maximum absolute atomic E-state index is 9.95. The second-order valence-corrected chi connectivity index (χ2v) is 4.71. The summed E-state index contributed by atoms with van der Waals surface area (Å²) in [7, 11) is 0. The number of rotatable bonds is 4. The topological polar surface area (TPSA) is 29.5 Å². The summed E-state index contributed by atoms with van der Waals surface area (Å²) >= 11 is 11.6. The number of halogens is 2. The van der Waals surface area contributed by atoms with Crippen LogP contribution in [0, 0.1) is 0 Å². The van der Waals surface area contributed by atoms with E-state index in [0.717, 1.165) is 5.56 Å². The summed E-state index contributed by atoms with van der Waals surface area (Å²) in [6, 6.07) is 14.1. The first-order valence-electron chi connectivity index (χ1n) is 5.47. The van der Waals surface area contributed by atoms with Gasteiger partial charge >= 0.3 is 0 Å². The monoisotopic (exact) mass is 282 g/mol. The Morgan fingerprint density at radius 2 is 1.72 bits per heavy atom. The maximum Gasteiger partial charge on any atom is 0.119 e. The third-order valence-corrected chi connectivity index (χ3v) is 2.94. The molecule has 2 aromatic carbocycles. The molecule has 0 saturated carbocycles. The highest BCUT2D eigenvalue weighted by Gasteiger charge is 2.08. The normalized spacial score (nSPS) is 12.2. The van der Waals surface area contributed by atoms with E-state index >= 15 is 0 Å². The number of aliphatic hydroxyl groups excluding tert-OH is 1. The zero-order chi connectivity index (χ0) is 13.0. The van der Waals surface area contributed by atoms with Gasteiger partial charge in [-0.3, -0.25) is 0 Å². The lowest BCUT2D eigenvalue weighted by atomic mass is 10.1. The van der Waals surface area contributed by atoms with Crippen LogP contribution in [0.15, 0.2) is 48.5 Å². The molecule has 0 fully saturated rings. The minimum atomic E-state index is -0.709. The molecule has 1 atom stereocenters. The summed E-state index contributed by atoms with van der Waals surface area (Å²) in [5.41, 5.74) is 0.733. The molecule has 4 heteroatoms. The van der Waals surface area contributed by atoms with Crippen LogP contribution in [0.5, 0.6) is 5.75 Å². The van der Waals surface area contributed by atoms with Crippen LogP contribution in [-0.2, 0) is 0 Å². The highest BCUT2D eigenvalue weighted by Crippen LogP contribution is 2.20. The van der Waals surface area contributed by atoms with E-state index < -0.39 is 6.10 Å². The van der Waals surface area contributed by atoms with Crippen molar-refractivity contribution in [2.24, 2.45) is 0 Å². The predicted octanol–water partition coefficient (Wildman–Crippen LogP) is 4.11. The van der Waals surface area contributed by atoms with Crippen LogP contribution in [0.4, 0.5) is 0 Å². The van der Waals surface area contributed by atoms with Crippen molar-refractivity contribution in [3.8, 4) is 5.75 Å². The van der Waals surface area contributed by atoms with Crippen molar-refractivity contribution in [3.05, 3.63) is 64.1 Å². The van der Waals surface area contributed by atoms with Gasteiger partial charge in [0.1, 0.15) is 18.5 Å². The molecule has 2 aromatic rings. The third-order valence-electron chi connectivity index (χ3n) is 2.45. The van der Waals surface area contributed by atoms with Crippen LogP contribution >= 0.6 is 23.2 Å². The van der Waals surface area contributed by atoms with Crippen LogP contribution in [0.3, 0.4) is 0 Å². The molecule has 0 bridgehead atoms. The van der Waals surface area contributed by atoms with Gasteiger partial charge in [0, 0.05) is 10.0 Å². The molecule has 94 valence electrons. The summed E-state index contributed by atoms with van der Waals surface area (Å²) in [6.07, 6.45) is -0.709. The van der Waals surface area contributed by atoms with Crippen molar-refractivity contribution in [1.29, 1.82) is 0 Å². The van der Waals surface area contributed by atoms with Gasteiger partial charge in [0.2, 0.25) is 0 Å². The van der Waals surface area contributed by atoms with Gasteiger partial charge in [-0.15, -0.1) is 0 Å². The minimum Gasteiger partial charge on any atom is -0.491 e. The zero-order valence-electron chi connectivity index (χ0n) is 9.51. The fourth-order valence-corrected chi connectivity index (χ4v) is 1.84. The number of hydrogen-bond donors (Lipinski definition) is 1. The van der Waals surface area contributed by atoms with E-state index in [1.165, 1.54) is 0 Å². The summed E-state index contributed by atoms with van der Waals surface area (Å²) in [4.78, 5) is 0. The Morgan fingerprint density at radius 1 is 1.00 bits per heavy atom. The predicted molar refractivity (Wildman–Crippen MR) is 73.4 cm³/mol. The molecule has 18 heavy (non-hydrogen) atoms. The van der Waals surface area contributed by atoms with Gasteiger partial charge in [-0.05, 0) is 42.0 Å². The molecular formula is C14H12Cl2O2. The van der Waals surface area contributed by atoms with E-state index in [4.69, 9.17) is 27.9 Å².